The van der Waals surface area contributed by atoms with Crippen LogP contribution in [0, 0.1) is 17.8 Å². The molecule has 1 aromatic carbocycles. The SMILES string of the molecule is COc1ccc(C(=O)n2c(=O)c(C(F)(F)F)cn([C@H]3C[C@H](OCC#CCC(C)C)[C@@H](CO[Si](C)(C)C(C)(C)C)O3)c2=O)cc1. The van der Waals surface area contributed by atoms with Gasteiger partial charge in [-0.15, -0.1) is 5.92 Å². The third-order valence-corrected chi connectivity index (χ3v) is 12.4. The number of hydrogen-bond donors (Lipinski definition) is 0. The van der Waals surface area contributed by atoms with E-state index >= 15 is 0 Å². The van der Waals surface area contributed by atoms with Crippen molar-refractivity contribution in [1.82, 2.24) is 9.13 Å². The zero-order chi connectivity index (χ0) is 33.0. The van der Waals surface area contributed by atoms with Crippen molar-refractivity contribution in [3.63, 3.8) is 0 Å². The van der Waals surface area contributed by atoms with Gasteiger partial charge < -0.3 is 18.6 Å². The predicted molar refractivity (Wildman–Crippen MR) is 161 cm³/mol. The van der Waals surface area contributed by atoms with Crippen molar-refractivity contribution in [3.8, 4) is 17.6 Å². The molecule has 44 heavy (non-hydrogen) atoms. The van der Waals surface area contributed by atoms with E-state index in [1.165, 1.54) is 31.4 Å². The quantitative estimate of drug-likeness (QED) is 0.266. The van der Waals surface area contributed by atoms with E-state index in [1.54, 1.807) is 0 Å². The molecule has 1 fully saturated rings. The Morgan fingerprint density at radius 1 is 1.11 bits per heavy atom. The summed E-state index contributed by atoms with van der Waals surface area (Å²) in [7, 11) is -0.863. The van der Waals surface area contributed by atoms with E-state index in [9.17, 15) is 27.6 Å². The molecule has 3 atom stereocenters. The van der Waals surface area contributed by atoms with Crippen LogP contribution in [0.5, 0.6) is 5.75 Å². The van der Waals surface area contributed by atoms with Crippen LogP contribution in [0.25, 0.3) is 0 Å². The van der Waals surface area contributed by atoms with Crippen molar-refractivity contribution < 1.29 is 36.6 Å². The summed E-state index contributed by atoms with van der Waals surface area (Å²) in [5.41, 5.74) is -4.90. The number of rotatable bonds is 9. The Kier molecular flexibility index (Phi) is 11.1. The normalized spacial score (nSPS) is 19.1. The van der Waals surface area contributed by atoms with Crippen molar-refractivity contribution in [2.45, 2.75) is 90.2 Å². The smallest absolute Gasteiger partial charge is 0.423 e. The van der Waals surface area contributed by atoms with E-state index in [2.05, 4.69) is 32.6 Å². The second-order valence-corrected chi connectivity index (χ2v) is 17.5. The molecule has 0 saturated carbocycles. The standard InChI is InChI=1S/C31H41F3N2O7Si/c1-20(2)11-9-10-16-41-24-17-26(43-25(24)19-42-44(7,8)30(3,4)5)35-18-23(31(32,33)34)28(38)36(29(35)39)27(37)21-12-14-22(40-6)15-13-21/h12-15,18,20,24-26H,11,16-17,19H2,1-8H3/t24-,25+,26+/m0/s1. The average molecular weight is 639 g/mol. The number of methoxy groups -OCH3 is 1. The van der Waals surface area contributed by atoms with Gasteiger partial charge >= 0.3 is 11.9 Å². The van der Waals surface area contributed by atoms with Crippen molar-refractivity contribution in [1.29, 1.82) is 0 Å². The lowest BCUT2D eigenvalue weighted by Gasteiger charge is -2.37. The number of hydrogen-bond acceptors (Lipinski definition) is 7. The van der Waals surface area contributed by atoms with Gasteiger partial charge in [-0.3, -0.25) is 14.2 Å². The lowest BCUT2D eigenvalue weighted by Crippen LogP contribution is -2.47. The number of carbonyl (C=O) groups is 1. The summed E-state index contributed by atoms with van der Waals surface area (Å²) >= 11 is 0. The molecule has 2 aromatic rings. The van der Waals surface area contributed by atoms with E-state index in [4.69, 9.17) is 18.6 Å². The summed E-state index contributed by atoms with van der Waals surface area (Å²) in [6.07, 6.45) is -6.82. The van der Waals surface area contributed by atoms with Crippen LogP contribution in [-0.4, -0.2) is 55.9 Å². The van der Waals surface area contributed by atoms with Crippen LogP contribution in [0.15, 0.2) is 40.1 Å². The molecule has 0 radical (unpaired) electrons. The van der Waals surface area contributed by atoms with Crippen molar-refractivity contribution in [2.24, 2.45) is 5.92 Å². The minimum absolute atomic E-state index is 0.0132. The molecule has 0 aliphatic carbocycles. The van der Waals surface area contributed by atoms with Gasteiger partial charge in [0.25, 0.3) is 11.5 Å². The molecular formula is C31H41F3N2O7Si. The summed E-state index contributed by atoms with van der Waals surface area (Å²) < 4.78 is 66.2. The summed E-state index contributed by atoms with van der Waals surface area (Å²) in [4.78, 5) is 39.7. The molecule has 242 valence electrons. The first-order chi connectivity index (χ1) is 20.4. The summed E-state index contributed by atoms with van der Waals surface area (Å²) in [6, 6.07) is 5.29. The maximum absolute atomic E-state index is 14.1. The molecule has 9 nitrogen and oxygen atoms in total. The largest absolute Gasteiger partial charge is 0.497 e. The van der Waals surface area contributed by atoms with Crippen molar-refractivity contribution in [3.05, 3.63) is 62.4 Å². The minimum Gasteiger partial charge on any atom is -0.497 e. The lowest BCUT2D eigenvalue weighted by molar-refractivity contribution is -0.139. The number of aromatic nitrogens is 2. The zero-order valence-electron chi connectivity index (χ0n) is 26.4. The molecule has 1 aliphatic rings. The fourth-order valence-electron chi connectivity index (χ4n) is 4.19. The second-order valence-electron chi connectivity index (χ2n) is 12.6. The molecule has 0 N–H and O–H groups in total. The third kappa shape index (κ3) is 8.29. The van der Waals surface area contributed by atoms with Gasteiger partial charge in [-0.25, -0.2) is 4.79 Å². The number of nitrogens with zero attached hydrogens (tertiary/aromatic N) is 2. The Labute approximate surface area is 256 Å². The fraction of sp³-hybridized carbons (Fsp3) is 0.581. The van der Waals surface area contributed by atoms with Crippen LogP contribution in [0.1, 0.15) is 69.6 Å². The highest BCUT2D eigenvalue weighted by Crippen LogP contribution is 2.38. The van der Waals surface area contributed by atoms with Crippen molar-refractivity contribution in [2.75, 3.05) is 20.3 Å². The third-order valence-electron chi connectivity index (χ3n) is 7.87. The van der Waals surface area contributed by atoms with Gasteiger partial charge in [-0.2, -0.15) is 17.7 Å². The summed E-state index contributed by atoms with van der Waals surface area (Å²) in [6.45, 7) is 14.5. The Morgan fingerprint density at radius 2 is 1.75 bits per heavy atom. The van der Waals surface area contributed by atoms with Gasteiger partial charge in [-0.05, 0) is 48.3 Å². The molecule has 3 rings (SSSR count). The Morgan fingerprint density at radius 3 is 2.30 bits per heavy atom. The molecule has 0 spiro atoms. The minimum atomic E-state index is -5.15. The highest BCUT2D eigenvalue weighted by molar-refractivity contribution is 6.74. The van der Waals surface area contributed by atoms with Gasteiger partial charge in [0.1, 0.15) is 30.3 Å². The first kappa shape index (κ1) is 35.3. The second kappa shape index (κ2) is 13.8. The van der Waals surface area contributed by atoms with Gasteiger partial charge in [-0.1, -0.05) is 40.5 Å². The van der Waals surface area contributed by atoms with Crippen LogP contribution >= 0.6 is 0 Å². The van der Waals surface area contributed by atoms with Crippen LogP contribution in [0.2, 0.25) is 18.1 Å². The highest BCUT2D eigenvalue weighted by Gasteiger charge is 2.44. The topological polar surface area (TPSA) is 98.0 Å². The van der Waals surface area contributed by atoms with Crippen LogP contribution in [-0.2, 0) is 20.1 Å². The number of halogens is 3. The molecule has 0 amide bonds. The molecular weight excluding hydrogens is 597 g/mol. The first-order valence-corrected chi connectivity index (χ1v) is 17.3. The fourth-order valence-corrected chi connectivity index (χ4v) is 5.21. The molecule has 0 bridgehead atoms. The highest BCUT2D eigenvalue weighted by atomic mass is 28.4. The molecule has 2 heterocycles. The van der Waals surface area contributed by atoms with Crippen LogP contribution in [0.4, 0.5) is 13.2 Å². The van der Waals surface area contributed by atoms with Gasteiger partial charge in [0, 0.05) is 24.6 Å². The molecule has 1 saturated heterocycles. The number of benzene rings is 1. The Bertz CT molecular complexity index is 1500. The van der Waals surface area contributed by atoms with E-state index in [1.807, 2.05) is 26.9 Å². The predicted octanol–water partition coefficient (Wildman–Crippen LogP) is 5.47. The van der Waals surface area contributed by atoms with Crippen molar-refractivity contribution >= 4 is 14.2 Å². The first-order valence-electron chi connectivity index (χ1n) is 14.4. The van der Waals surface area contributed by atoms with E-state index in [0.717, 1.165) is 0 Å². The molecule has 1 aromatic heterocycles. The van der Waals surface area contributed by atoms with Gasteiger partial charge in [0.15, 0.2) is 8.32 Å². The maximum atomic E-state index is 14.1. The van der Waals surface area contributed by atoms with Gasteiger partial charge in [0.2, 0.25) is 0 Å². The zero-order valence-corrected chi connectivity index (χ0v) is 27.4. The van der Waals surface area contributed by atoms with Gasteiger partial charge in [0.05, 0.1) is 19.8 Å². The monoisotopic (exact) mass is 638 g/mol. The summed E-state index contributed by atoms with van der Waals surface area (Å²) in [5.74, 6) is 5.49. The van der Waals surface area contributed by atoms with Crippen LogP contribution in [0.3, 0.4) is 0 Å². The molecule has 1 aliphatic heterocycles. The number of ether oxygens (including phenoxy) is 3. The van der Waals surface area contributed by atoms with E-state index < -0.39 is 55.6 Å². The van der Waals surface area contributed by atoms with E-state index in [-0.39, 0.29) is 34.8 Å². The Hall–Kier alpha value is -3.18. The maximum Gasteiger partial charge on any atom is 0.423 e. The lowest BCUT2D eigenvalue weighted by atomic mass is 10.1. The number of carbonyl (C=O) groups excluding carboxylic acids is 1. The average Bonchev–Trinajstić information content (AvgIpc) is 3.32. The van der Waals surface area contributed by atoms with E-state index in [0.29, 0.717) is 28.9 Å². The number of alkyl halides is 3. The summed E-state index contributed by atoms with van der Waals surface area (Å²) in [5, 5.41) is -0.125. The Balaban J connectivity index is 2.03. The van der Waals surface area contributed by atoms with Crippen LogP contribution < -0.4 is 16.0 Å². The molecule has 13 heteroatoms. The molecule has 0 unspecified atom stereocenters.